The third kappa shape index (κ3) is 4.95. The molecule has 0 radical (unpaired) electrons. The number of rotatable bonds is 6. The number of piperidine rings is 1. The van der Waals surface area contributed by atoms with Crippen molar-refractivity contribution in [2.45, 2.75) is 51.5 Å². The summed E-state index contributed by atoms with van der Waals surface area (Å²) in [7, 11) is -3.92. The van der Waals surface area contributed by atoms with Crippen LogP contribution in [0.25, 0.3) is 0 Å². The molecule has 2 amide bonds. The van der Waals surface area contributed by atoms with Gasteiger partial charge in [-0.2, -0.15) is 9.40 Å². The number of nitrogens with one attached hydrogen (secondary N) is 1. The molecular formula is C27H32N6O4S. The Balaban J connectivity index is 1.32. The van der Waals surface area contributed by atoms with Gasteiger partial charge in [-0.3, -0.25) is 14.3 Å². The third-order valence-electron chi connectivity index (χ3n) is 7.31. The van der Waals surface area contributed by atoms with Crippen LogP contribution in [-0.4, -0.2) is 58.9 Å². The minimum absolute atomic E-state index is 0.0505. The number of carbonyl (C=O) groups is 2. The largest absolute Gasteiger partial charge is 0.310 e. The van der Waals surface area contributed by atoms with Crippen LogP contribution in [0.2, 0.25) is 0 Å². The first-order valence-electron chi connectivity index (χ1n) is 12.8. The van der Waals surface area contributed by atoms with Gasteiger partial charge in [0.25, 0.3) is 0 Å². The van der Waals surface area contributed by atoms with Crippen LogP contribution >= 0.6 is 0 Å². The fraction of sp³-hybridized carbons (Fsp3) is 0.407. The zero-order chi connectivity index (χ0) is 27.0. The zero-order valence-electron chi connectivity index (χ0n) is 21.8. The minimum atomic E-state index is -3.92. The normalized spacial score (nSPS) is 17.9. The highest BCUT2D eigenvalue weighted by Crippen LogP contribution is 2.30. The molecule has 5 rings (SSSR count). The summed E-state index contributed by atoms with van der Waals surface area (Å²) in [6.07, 6.45) is 3.58. The van der Waals surface area contributed by atoms with Crippen LogP contribution in [0.4, 0.5) is 11.5 Å². The molecule has 2 aliphatic heterocycles. The zero-order valence-corrected chi connectivity index (χ0v) is 22.7. The van der Waals surface area contributed by atoms with E-state index in [-0.39, 0.29) is 29.8 Å². The van der Waals surface area contributed by atoms with E-state index in [1.54, 1.807) is 31.0 Å². The first-order chi connectivity index (χ1) is 18.1. The molecule has 1 aromatic carbocycles. The highest BCUT2D eigenvalue weighted by molar-refractivity contribution is 7.89. The first kappa shape index (κ1) is 26.1. The predicted molar refractivity (Wildman–Crippen MR) is 143 cm³/mol. The SMILES string of the molecule is Cc1ccnc(NC(=O)[C@H]2CCCN(S(=O)(=O)c3c(C)nn(CC(=O)N4CCc5ccccc54)c3C)C2)c1. The van der Waals surface area contributed by atoms with Gasteiger partial charge >= 0.3 is 0 Å². The smallest absolute Gasteiger partial charge is 0.248 e. The second-order valence-electron chi connectivity index (χ2n) is 9.99. The van der Waals surface area contributed by atoms with E-state index in [1.165, 1.54) is 8.99 Å². The maximum atomic E-state index is 13.8. The highest BCUT2D eigenvalue weighted by Gasteiger charge is 2.37. The second-order valence-corrected chi connectivity index (χ2v) is 11.9. The van der Waals surface area contributed by atoms with Gasteiger partial charge in [0.05, 0.1) is 17.3 Å². The van der Waals surface area contributed by atoms with Gasteiger partial charge in [-0.25, -0.2) is 13.4 Å². The molecule has 1 atom stereocenters. The third-order valence-corrected chi connectivity index (χ3v) is 9.43. The van der Waals surface area contributed by atoms with Gasteiger partial charge in [-0.1, -0.05) is 18.2 Å². The Labute approximate surface area is 222 Å². The summed E-state index contributed by atoms with van der Waals surface area (Å²) in [6, 6.07) is 11.4. The van der Waals surface area contributed by atoms with Crippen molar-refractivity contribution in [2.75, 3.05) is 29.9 Å². The average Bonchev–Trinajstić information content (AvgIpc) is 3.44. The van der Waals surface area contributed by atoms with Crippen molar-refractivity contribution in [2.24, 2.45) is 5.92 Å². The number of aromatic nitrogens is 3. The molecule has 4 heterocycles. The molecule has 0 spiro atoms. The van der Waals surface area contributed by atoms with E-state index in [2.05, 4.69) is 15.4 Å². The molecule has 11 heteroatoms. The Morgan fingerprint density at radius 2 is 1.89 bits per heavy atom. The topological polar surface area (TPSA) is 117 Å². The van der Waals surface area contributed by atoms with E-state index in [1.807, 2.05) is 37.3 Å². The molecule has 0 unspecified atom stereocenters. The van der Waals surface area contributed by atoms with E-state index >= 15 is 0 Å². The van der Waals surface area contributed by atoms with Gasteiger partial charge in [-0.05, 0) is 69.4 Å². The number of benzene rings is 1. The molecular weight excluding hydrogens is 504 g/mol. The highest BCUT2D eigenvalue weighted by atomic mass is 32.2. The predicted octanol–water partition coefficient (Wildman–Crippen LogP) is 2.83. The molecule has 10 nitrogen and oxygen atoms in total. The monoisotopic (exact) mass is 536 g/mol. The maximum Gasteiger partial charge on any atom is 0.248 e. The lowest BCUT2D eigenvalue weighted by Gasteiger charge is -2.31. The molecule has 1 fully saturated rings. The molecule has 1 saturated heterocycles. The number of nitrogens with zero attached hydrogens (tertiary/aromatic N) is 5. The van der Waals surface area contributed by atoms with Gasteiger partial charge in [-0.15, -0.1) is 0 Å². The summed E-state index contributed by atoms with van der Waals surface area (Å²) in [5.41, 5.74) is 3.75. The molecule has 0 saturated carbocycles. The molecule has 2 aromatic heterocycles. The molecule has 0 aliphatic carbocycles. The Kier molecular flexibility index (Phi) is 7.06. The molecule has 200 valence electrons. The van der Waals surface area contributed by atoms with E-state index in [0.717, 1.165) is 23.2 Å². The molecule has 3 aromatic rings. The van der Waals surface area contributed by atoms with Crippen LogP contribution in [0.15, 0.2) is 47.5 Å². The quantitative estimate of drug-likeness (QED) is 0.518. The number of hydrogen-bond acceptors (Lipinski definition) is 6. The summed E-state index contributed by atoms with van der Waals surface area (Å²) in [4.78, 5) is 32.1. The number of amides is 2. The van der Waals surface area contributed by atoms with Crippen molar-refractivity contribution >= 4 is 33.3 Å². The van der Waals surface area contributed by atoms with Crippen LogP contribution in [0.1, 0.15) is 35.4 Å². The van der Waals surface area contributed by atoms with Crippen molar-refractivity contribution in [3.8, 4) is 0 Å². The summed E-state index contributed by atoms with van der Waals surface area (Å²) in [6.45, 7) is 6.17. The van der Waals surface area contributed by atoms with Crippen LogP contribution in [-0.2, 0) is 32.6 Å². The number of pyridine rings is 1. The Morgan fingerprint density at radius 3 is 2.68 bits per heavy atom. The number of para-hydroxylation sites is 1. The van der Waals surface area contributed by atoms with Crippen molar-refractivity contribution in [3.63, 3.8) is 0 Å². The second kappa shape index (κ2) is 10.3. The first-order valence-corrected chi connectivity index (χ1v) is 14.2. The van der Waals surface area contributed by atoms with E-state index in [4.69, 9.17) is 0 Å². The standard InChI is InChI=1S/C27H32N6O4S/c1-18-10-12-28-24(15-18)29-27(35)22-8-6-13-31(16-22)38(36,37)26-19(2)30-33(20(26)3)17-25(34)32-14-11-21-7-4-5-9-23(21)32/h4-5,7,9-10,12,15,22H,6,8,11,13-14,16-17H2,1-3H3,(H,28,29,35)/t22-/m0/s1. The molecule has 2 aliphatic rings. The summed E-state index contributed by atoms with van der Waals surface area (Å²) in [5.74, 6) is -0.422. The number of hydrogen-bond donors (Lipinski definition) is 1. The summed E-state index contributed by atoms with van der Waals surface area (Å²) in [5, 5.41) is 7.25. The minimum Gasteiger partial charge on any atom is -0.310 e. The molecule has 0 bridgehead atoms. The number of anilines is 2. The lowest BCUT2D eigenvalue weighted by molar-refractivity contribution is -0.121. The van der Waals surface area contributed by atoms with Gasteiger partial charge in [0, 0.05) is 31.5 Å². The molecule has 38 heavy (non-hydrogen) atoms. The van der Waals surface area contributed by atoms with Crippen LogP contribution in [0.3, 0.4) is 0 Å². The van der Waals surface area contributed by atoms with Gasteiger partial charge < -0.3 is 10.2 Å². The Morgan fingerprint density at radius 1 is 1.11 bits per heavy atom. The van der Waals surface area contributed by atoms with Crippen molar-refractivity contribution in [1.29, 1.82) is 0 Å². The number of aryl methyl sites for hydroxylation is 2. The van der Waals surface area contributed by atoms with Crippen LogP contribution in [0.5, 0.6) is 0 Å². The lowest BCUT2D eigenvalue weighted by Crippen LogP contribution is -2.44. The molecule has 1 N–H and O–H groups in total. The number of carbonyl (C=O) groups excluding carboxylic acids is 2. The summed E-state index contributed by atoms with van der Waals surface area (Å²) < 4.78 is 30.3. The van der Waals surface area contributed by atoms with Crippen LogP contribution < -0.4 is 10.2 Å². The van der Waals surface area contributed by atoms with Gasteiger partial charge in [0.2, 0.25) is 21.8 Å². The average molecular weight is 537 g/mol. The lowest BCUT2D eigenvalue weighted by atomic mass is 9.99. The number of sulfonamides is 1. The number of fused-ring (bicyclic) bond motifs is 1. The van der Waals surface area contributed by atoms with E-state index in [9.17, 15) is 18.0 Å². The Bertz CT molecular complexity index is 1500. The Hall–Kier alpha value is -3.57. The van der Waals surface area contributed by atoms with Gasteiger partial charge in [0.1, 0.15) is 17.3 Å². The maximum absolute atomic E-state index is 13.8. The summed E-state index contributed by atoms with van der Waals surface area (Å²) >= 11 is 0. The fourth-order valence-corrected chi connectivity index (χ4v) is 7.25. The van der Waals surface area contributed by atoms with Crippen LogP contribution in [0, 0.1) is 26.7 Å². The van der Waals surface area contributed by atoms with Gasteiger partial charge in [0.15, 0.2) is 0 Å². The van der Waals surface area contributed by atoms with E-state index < -0.39 is 15.9 Å². The van der Waals surface area contributed by atoms with E-state index in [0.29, 0.717) is 43.1 Å². The van der Waals surface area contributed by atoms with Crippen molar-refractivity contribution < 1.29 is 18.0 Å². The fourth-order valence-electron chi connectivity index (χ4n) is 5.36. The van der Waals surface area contributed by atoms with Crippen molar-refractivity contribution in [1.82, 2.24) is 19.1 Å². The van der Waals surface area contributed by atoms with Crippen molar-refractivity contribution in [3.05, 3.63) is 65.1 Å².